The van der Waals surface area contributed by atoms with Gasteiger partial charge in [0, 0.05) is 0 Å². The molecule has 2 aliphatic heterocycles. The molecule has 0 aromatic heterocycles. The Kier molecular flexibility index (Phi) is 4.79. The molecule has 0 bridgehead atoms. The van der Waals surface area contributed by atoms with Gasteiger partial charge in [-0.25, -0.2) is 5.01 Å². The van der Waals surface area contributed by atoms with E-state index < -0.39 is 36.4 Å². The molecule has 3 N–H and O–H groups in total. The van der Waals surface area contributed by atoms with E-state index in [4.69, 9.17) is 9.47 Å². The molecule has 0 saturated carbocycles. The minimum Gasteiger partial charge on any atom is -0.463 e. The Labute approximate surface area is 127 Å². The number of carbonyl (C=O) groups is 2. The molecule has 22 heavy (non-hydrogen) atoms. The highest BCUT2D eigenvalue weighted by molar-refractivity contribution is 6.27. The van der Waals surface area contributed by atoms with E-state index in [1.807, 2.05) is 0 Å². The molecule has 9 heteroatoms. The molecule has 4 atom stereocenters. The molecule has 0 spiro atoms. The van der Waals surface area contributed by atoms with Crippen molar-refractivity contribution in [2.24, 2.45) is 11.0 Å². The molecule has 2 aliphatic rings. The first kappa shape index (κ1) is 16.4. The molecule has 1 amide bonds. The van der Waals surface area contributed by atoms with Gasteiger partial charge in [0.2, 0.25) is 0 Å². The van der Waals surface area contributed by atoms with Crippen LogP contribution in [0.25, 0.3) is 0 Å². The largest absolute Gasteiger partial charge is 0.463 e. The molecule has 9 nitrogen and oxygen atoms in total. The van der Waals surface area contributed by atoms with Crippen LogP contribution in [0, 0.1) is 5.92 Å². The average Bonchev–Trinajstić information content (AvgIpc) is 2.73. The SMILES string of the molecule is C=C1NC(=O)C=NN1[C@@H]1O[C@H](COC(=O)C(C)C)C(O)[C@@H]1O. The standard InChI is InChI=1S/C13H19N3O6/c1-6(2)13(20)21-5-8-10(18)11(19)12(22-8)16-7(3)15-9(17)4-14-16/h4,6,8,10-12,18-19H,3,5H2,1-2H3,(H,15,17)/t8-,10?,11+,12-/m1/s1. The summed E-state index contributed by atoms with van der Waals surface area (Å²) in [5, 5.41) is 27.4. The fourth-order valence-corrected chi connectivity index (χ4v) is 2.04. The van der Waals surface area contributed by atoms with Crippen molar-refractivity contribution in [2.75, 3.05) is 6.61 Å². The zero-order valence-electron chi connectivity index (χ0n) is 12.3. The first-order chi connectivity index (χ1) is 10.3. The highest BCUT2D eigenvalue weighted by atomic mass is 16.6. The van der Waals surface area contributed by atoms with Crippen LogP contribution < -0.4 is 5.32 Å². The highest BCUT2D eigenvalue weighted by Crippen LogP contribution is 2.27. The van der Waals surface area contributed by atoms with E-state index in [1.165, 1.54) is 0 Å². The van der Waals surface area contributed by atoms with Crippen molar-refractivity contribution in [3.63, 3.8) is 0 Å². The molecule has 2 heterocycles. The lowest BCUT2D eigenvalue weighted by molar-refractivity contribution is -0.155. The maximum atomic E-state index is 11.4. The molecule has 1 saturated heterocycles. The van der Waals surface area contributed by atoms with Gasteiger partial charge in [0.1, 0.15) is 37.0 Å². The summed E-state index contributed by atoms with van der Waals surface area (Å²) in [6.45, 7) is 6.77. The number of hydrazone groups is 1. The Hall–Kier alpha value is -1.97. The van der Waals surface area contributed by atoms with Crippen LogP contribution in [-0.2, 0) is 19.1 Å². The number of aliphatic hydroxyl groups excluding tert-OH is 2. The van der Waals surface area contributed by atoms with Crippen LogP contribution in [0.4, 0.5) is 0 Å². The fraction of sp³-hybridized carbons (Fsp3) is 0.615. The predicted molar refractivity (Wildman–Crippen MR) is 74.1 cm³/mol. The van der Waals surface area contributed by atoms with Crippen LogP contribution in [0.15, 0.2) is 17.5 Å². The summed E-state index contributed by atoms with van der Waals surface area (Å²) < 4.78 is 10.5. The lowest BCUT2D eigenvalue weighted by Gasteiger charge is -2.30. The Balaban J connectivity index is 2.01. The summed E-state index contributed by atoms with van der Waals surface area (Å²) in [5.74, 6) is -1.07. The number of carbonyl (C=O) groups excluding carboxylic acids is 2. The van der Waals surface area contributed by atoms with Crippen molar-refractivity contribution >= 4 is 18.1 Å². The third-order valence-electron chi connectivity index (χ3n) is 3.28. The quantitative estimate of drug-likeness (QED) is 0.541. The summed E-state index contributed by atoms with van der Waals surface area (Å²) in [5.41, 5.74) is 0. The third-order valence-corrected chi connectivity index (χ3v) is 3.28. The number of esters is 1. The Morgan fingerprint density at radius 2 is 2.23 bits per heavy atom. The van der Waals surface area contributed by atoms with Crippen molar-refractivity contribution in [3.05, 3.63) is 12.4 Å². The zero-order chi connectivity index (χ0) is 16.4. The summed E-state index contributed by atoms with van der Waals surface area (Å²) in [4.78, 5) is 22.6. The van der Waals surface area contributed by atoms with Gasteiger partial charge in [-0.05, 0) is 0 Å². The van der Waals surface area contributed by atoms with Gasteiger partial charge >= 0.3 is 5.97 Å². The van der Waals surface area contributed by atoms with E-state index >= 15 is 0 Å². The molecule has 1 unspecified atom stereocenters. The molecular formula is C13H19N3O6. The molecule has 0 aromatic rings. The van der Waals surface area contributed by atoms with Crippen molar-refractivity contribution in [1.82, 2.24) is 10.3 Å². The molecule has 0 aromatic carbocycles. The third kappa shape index (κ3) is 3.26. The molecule has 1 fully saturated rings. The van der Waals surface area contributed by atoms with Crippen molar-refractivity contribution in [2.45, 2.75) is 38.4 Å². The van der Waals surface area contributed by atoms with Gasteiger partial charge in [-0.15, -0.1) is 0 Å². The van der Waals surface area contributed by atoms with Crippen molar-refractivity contribution in [3.8, 4) is 0 Å². The zero-order valence-corrected chi connectivity index (χ0v) is 12.3. The molecular weight excluding hydrogens is 294 g/mol. The Morgan fingerprint density at radius 1 is 1.55 bits per heavy atom. The molecule has 122 valence electrons. The van der Waals surface area contributed by atoms with Crippen LogP contribution in [-0.4, -0.2) is 64.5 Å². The number of aliphatic hydroxyl groups is 2. The number of rotatable bonds is 4. The normalized spacial score (nSPS) is 31.6. The van der Waals surface area contributed by atoms with E-state index in [1.54, 1.807) is 13.8 Å². The number of ether oxygens (including phenoxy) is 2. The van der Waals surface area contributed by atoms with Gasteiger partial charge in [0.25, 0.3) is 5.91 Å². The van der Waals surface area contributed by atoms with Gasteiger partial charge in [-0.3, -0.25) is 9.59 Å². The first-order valence-electron chi connectivity index (χ1n) is 6.82. The molecule has 0 aliphatic carbocycles. The summed E-state index contributed by atoms with van der Waals surface area (Å²) in [6.07, 6.45) is -3.49. The van der Waals surface area contributed by atoms with Crippen LogP contribution in [0.1, 0.15) is 13.8 Å². The second-order valence-electron chi connectivity index (χ2n) is 5.36. The lowest BCUT2D eigenvalue weighted by Crippen LogP contribution is -2.47. The van der Waals surface area contributed by atoms with Gasteiger partial charge in [-0.2, -0.15) is 5.10 Å². The number of amides is 1. The monoisotopic (exact) mass is 313 g/mol. The topological polar surface area (TPSA) is 121 Å². The average molecular weight is 313 g/mol. The maximum Gasteiger partial charge on any atom is 0.308 e. The molecule has 2 rings (SSSR count). The van der Waals surface area contributed by atoms with Crippen molar-refractivity contribution < 1.29 is 29.3 Å². The van der Waals surface area contributed by atoms with Gasteiger partial charge in [-0.1, -0.05) is 20.4 Å². The van der Waals surface area contributed by atoms with E-state index in [2.05, 4.69) is 17.0 Å². The number of nitrogens with one attached hydrogen (secondary N) is 1. The number of nitrogens with zero attached hydrogens (tertiary/aromatic N) is 2. The minimum absolute atomic E-state index is 0.114. The van der Waals surface area contributed by atoms with E-state index in [9.17, 15) is 19.8 Å². The van der Waals surface area contributed by atoms with Crippen LogP contribution in [0.3, 0.4) is 0 Å². The highest BCUT2D eigenvalue weighted by Gasteiger charge is 2.47. The lowest BCUT2D eigenvalue weighted by atomic mass is 10.1. The van der Waals surface area contributed by atoms with Crippen LogP contribution >= 0.6 is 0 Å². The fourth-order valence-electron chi connectivity index (χ4n) is 2.04. The maximum absolute atomic E-state index is 11.4. The summed E-state index contributed by atoms with van der Waals surface area (Å²) in [6, 6.07) is 0. The smallest absolute Gasteiger partial charge is 0.308 e. The van der Waals surface area contributed by atoms with E-state index in [0.717, 1.165) is 11.2 Å². The summed E-state index contributed by atoms with van der Waals surface area (Å²) in [7, 11) is 0. The molecule has 0 radical (unpaired) electrons. The van der Waals surface area contributed by atoms with E-state index in [-0.39, 0.29) is 18.3 Å². The number of hydrogen-bond acceptors (Lipinski definition) is 8. The van der Waals surface area contributed by atoms with Gasteiger partial charge in [0.05, 0.1) is 5.92 Å². The number of hydrogen-bond donors (Lipinski definition) is 3. The minimum atomic E-state index is -1.30. The Morgan fingerprint density at radius 3 is 2.82 bits per heavy atom. The van der Waals surface area contributed by atoms with E-state index in [0.29, 0.717) is 0 Å². The van der Waals surface area contributed by atoms with Crippen LogP contribution in [0.5, 0.6) is 0 Å². The van der Waals surface area contributed by atoms with Crippen molar-refractivity contribution in [1.29, 1.82) is 0 Å². The Bertz CT molecular complexity index is 506. The first-order valence-corrected chi connectivity index (χ1v) is 6.82. The summed E-state index contributed by atoms with van der Waals surface area (Å²) >= 11 is 0. The van der Waals surface area contributed by atoms with Gasteiger partial charge in [0.15, 0.2) is 6.23 Å². The van der Waals surface area contributed by atoms with Gasteiger partial charge < -0.3 is 25.0 Å². The predicted octanol–water partition coefficient (Wildman–Crippen LogP) is -1.48. The van der Waals surface area contributed by atoms with Crippen LogP contribution in [0.2, 0.25) is 0 Å². The second kappa shape index (κ2) is 6.42. The second-order valence-corrected chi connectivity index (χ2v) is 5.36.